The summed E-state index contributed by atoms with van der Waals surface area (Å²) in [7, 11) is 0. The number of nitrogens with zero attached hydrogens (tertiary/aromatic N) is 2. The molecule has 3 aromatic rings. The van der Waals surface area contributed by atoms with E-state index in [2.05, 4.69) is 125 Å². The SMILES string of the molecule is C1=CCN2C(=C1)c1ccccc1C21c2ccccc2C2C=C(c3ccccc3)C=CN21. The Balaban J connectivity index is 1.49. The second-order valence-corrected chi connectivity index (χ2v) is 8.55. The predicted octanol–water partition coefficient (Wildman–Crippen LogP) is 6.08. The first kappa shape index (κ1) is 17.0. The van der Waals surface area contributed by atoms with Crippen LogP contribution < -0.4 is 0 Å². The van der Waals surface area contributed by atoms with Crippen molar-refractivity contribution in [2.45, 2.75) is 11.7 Å². The molecule has 148 valence electrons. The van der Waals surface area contributed by atoms with Gasteiger partial charge in [0.25, 0.3) is 0 Å². The van der Waals surface area contributed by atoms with Crippen molar-refractivity contribution in [1.82, 2.24) is 9.80 Å². The fraction of sp³-hybridized carbons (Fsp3) is 0.103. The predicted molar refractivity (Wildman–Crippen MR) is 126 cm³/mol. The minimum Gasteiger partial charge on any atom is -0.337 e. The lowest BCUT2D eigenvalue weighted by atomic mass is 9.90. The summed E-state index contributed by atoms with van der Waals surface area (Å²) >= 11 is 0. The Bertz CT molecular complexity index is 1330. The summed E-state index contributed by atoms with van der Waals surface area (Å²) in [5.41, 5.74) is 9.06. The Labute approximate surface area is 182 Å². The number of benzene rings is 3. The summed E-state index contributed by atoms with van der Waals surface area (Å²) in [6.45, 7) is 0.904. The summed E-state index contributed by atoms with van der Waals surface area (Å²) in [4.78, 5) is 5.16. The third kappa shape index (κ3) is 2.07. The highest BCUT2D eigenvalue weighted by molar-refractivity contribution is 5.81. The normalized spacial score (nSPS) is 24.5. The van der Waals surface area contributed by atoms with E-state index in [0.717, 1.165) is 6.54 Å². The summed E-state index contributed by atoms with van der Waals surface area (Å²) < 4.78 is 0. The average molecular weight is 399 g/mol. The Morgan fingerprint density at radius 2 is 1.58 bits per heavy atom. The quantitative estimate of drug-likeness (QED) is 0.490. The third-order valence-corrected chi connectivity index (χ3v) is 7.13. The van der Waals surface area contributed by atoms with Crippen LogP contribution in [-0.2, 0) is 5.66 Å². The van der Waals surface area contributed by atoms with Gasteiger partial charge in [-0.1, -0.05) is 91.0 Å². The van der Waals surface area contributed by atoms with Crippen LogP contribution in [0.3, 0.4) is 0 Å². The van der Waals surface area contributed by atoms with Crippen LogP contribution in [0.2, 0.25) is 0 Å². The number of hydrogen-bond donors (Lipinski definition) is 0. The Hall–Kier alpha value is -3.78. The fourth-order valence-corrected chi connectivity index (χ4v) is 5.92. The molecule has 2 heteroatoms. The van der Waals surface area contributed by atoms with Gasteiger partial charge in [0.2, 0.25) is 0 Å². The van der Waals surface area contributed by atoms with Crippen LogP contribution in [0.15, 0.2) is 115 Å². The van der Waals surface area contributed by atoms with Crippen LogP contribution in [0.25, 0.3) is 11.3 Å². The molecule has 2 unspecified atom stereocenters. The van der Waals surface area contributed by atoms with Crippen LogP contribution in [0, 0.1) is 0 Å². The molecule has 4 heterocycles. The molecule has 0 N–H and O–H groups in total. The molecule has 2 nitrogen and oxygen atoms in total. The van der Waals surface area contributed by atoms with Gasteiger partial charge in [-0.3, -0.25) is 0 Å². The molecule has 0 radical (unpaired) electrons. The zero-order valence-electron chi connectivity index (χ0n) is 17.1. The summed E-state index contributed by atoms with van der Waals surface area (Å²) in [6, 6.07) is 28.9. The minimum atomic E-state index is -0.316. The number of rotatable bonds is 1. The number of allylic oxidation sites excluding steroid dienone is 4. The molecule has 0 aliphatic carbocycles. The number of hydrogen-bond acceptors (Lipinski definition) is 2. The summed E-state index contributed by atoms with van der Waals surface area (Å²) in [5, 5.41) is 0. The van der Waals surface area contributed by atoms with E-state index < -0.39 is 0 Å². The molecule has 31 heavy (non-hydrogen) atoms. The molecule has 0 aromatic heterocycles. The van der Waals surface area contributed by atoms with Gasteiger partial charge in [0.1, 0.15) is 0 Å². The molecule has 0 saturated carbocycles. The highest BCUT2D eigenvalue weighted by Gasteiger charge is 2.58. The van der Waals surface area contributed by atoms with Crippen molar-refractivity contribution in [3.63, 3.8) is 0 Å². The third-order valence-electron chi connectivity index (χ3n) is 7.13. The summed E-state index contributed by atoms with van der Waals surface area (Å²) in [6.07, 6.45) is 13.8. The molecule has 0 bridgehead atoms. The van der Waals surface area contributed by atoms with Crippen molar-refractivity contribution < 1.29 is 0 Å². The van der Waals surface area contributed by atoms with E-state index in [1.54, 1.807) is 0 Å². The van der Waals surface area contributed by atoms with Gasteiger partial charge in [0.15, 0.2) is 5.66 Å². The minimum absolute atomic E-state index is 0.203. The molecule has 0 fully saturated rings. The molecule has 1 spiro atoms. The number of fused-ring (bicyclic) bond motifs is 10. The van der Waals surface area contributed by atoms with Gasteiger partial charge < -0.3 is 9.80 Å². The Kier molecular flexibility index (Phi) is 3.35. The lowest BCUT2D eigenvalue weighted by Crippen LogP contribution is -2.50. The first-order valence-electron chi connectivity index (χ1n) is 11.0. The van der Waals surface area contributed by atoms with E-state index in [0.29, 0.717) is 0 Å². The molecule has 4 aliphatic heterocycles. The zero-order chi connectivity index (χ0) is 20.4. The van der Waals surface area contributed by atoms with Crippen LogP contribution in [0.1, 0.15) is 33.9 Å². The molecular formula is C29H22N2. The maximum absolute atomic E-state index is 2.59. The van der Waals surface area contributed by atoms with Crippen molar-refractivity contribution >= 4 is 11.3 Å². The van der Waals surface area contributed by atoms with Crippen LogP contribution in [0.4, 0.5) is 0 Å². The van der Waals surface area contributed by atoms with E-state index >= 15 is 0 Å². The van der Waals surface area contributed by atoms with Crippen LogP contribution in [0.5, 0.6) is 0 Å². The van der Waals surface area contributed by atoms with Crippen molar-refractivity contribution in [3.05, 3.63) is 143 Å². The highest BCUT2D eigenvalue weighted by Crippen LogP contribution is 2.60. The molecule has 3 aromatic carbocycles. The molecule has 0 saturated heterocycles. The van der Waals surface area contributed by atoms with Gasteiger partial charge in [-0.05, 0) is 34.9 Å². The van der Waals surface area contributed by atoms with Crippen molar-refractivity contribution in [1.29, 1.82) is 0 Å². The van der Waals surface area contributed by atoms with Gasteiger partial charge in [0, 0.05) is 35.1 Å². The van der Waals surface area contributed by atoms with Crippen molar-refractivity contribution in [2.24, 2.45) is 0 Å². The van der Waals surface area contributed by atoms with Crippen LogP contribution in [-0.4, -0.2) is 16.3 Å². The maximum atomic E-state index is 2.59. The second kappa shape index (κ2) is 6.12. The van der Waals surface area contributed by atoms with Gasteiger partial charge in [-0.15, -0.1) is 0 Å². The van der Waals surface area contributed by atoms with E-state index in [4.69, 9.17) is 0 Å². The van der Waals surface area contributed by atoms with Gasteiger partial charge in [-0.2, -0.15) is 0 Å². The van der Waals surface area contributed by atoms with Crippen molar-refractivity contribution in [3.8, 4) is 0 Å². The van der Waals surface area contributed by atoms with E-state index in [-0.39, 0.29) is 11.7 Å². The smallest absolute Gasteiger partial charge is 0.168 e. The fourth-order valence-electron chi connectivity index (χ4n) is 5.92. The lowest BCUT2D eigenvalue weighted by Gasteiger charge is -2.47. The largest absolute Gasteiger partial charge is 0.337 e. The standard InChI is InChI=1S/C29H22N2/c1-2-10-21(11-3-1)22-17-19-31-28(20-22)24-13-5-7-15-26(24)29(31)25-14-6-4-12-23(25)27-16-8-9-18-30(27)29/h1-17,19-20,28H,18H2. The van der Waals surface area contributed by atoms with Gasteiger partial charge in [0.05, 0.1) is 6.04 Å². The van der Waals surface area contributed by atoms with Crippen LogP contribution >= 0.6 is 0 Å². The van der Waals surface area contributed by atoms with E-state index in [1.807, 2.05) is 0 Å². The first-order chi connectivity index (χ1) is 15.4. The Morgan fingerprint density at radius 1 is 0.806 bits per heavy atom. The molecule has 4 aliphatic rings. The van der Waals surface area contributed by atoms with E-state index in [9.17, 15) is 0 Å². The Morgan fingerprint density at radius 3 is 2.48 bits per heavy atom. The van der Waals surface area contributed by atoms with Crippen molar-refractivity contribution in [2.75, 3.05) is 6.54 Å². The molecule has 0 amide bonds. The summed E-state index contributed by atoms with van der Waals surface area (Å²) in [5.74, 6) is 0. The monoisotopic (exact) mass is 398 g/mol. The lowest BCUT2D eigenvalue weighted by molar-refractivity contribution is 0.0626. The van der Waals surface area contributed by atoms with Gasteiger partial charge >= 0.3 is 0 Å². The second-order valence-electron chi connectivity index (χ2n) is 8.55. The van der Waals surface area contributed by atoms with Gasteiger partial charge in [-0.25, -0.2) is 0 Å². The zero-order valence-corrected chi connectivity index (χ0v) is 17.1. The average Bonchev–Trinajstić information content (AvgIpc) is 3.32. The molecular weight excluding hydrogens is 376 g/mol. The van der Waals surface area contributed by atoms with E-state index in [1.165, 1.54) is 39.1 Å². The molecule has 7 rings (SSSR count). The topological polar surface area (TPSA) is 6.48 Å². The first-order valence-corrected chi connectivity index (χ1v) is 11.0. The maximum Gasteiger partial charge on any atom is 0.168 e. The highest BCUT2D eigenvalue weighted by atomic mass is 15.4. The molecule has 2 atom stereocenters.